The molecule has 1 saturated heterocycles. The lowest BCUT2D eigenvalue weighted by molar-refractivity contribution is -0.0752. The highest BCUT2D eigenvalue weighted by Gasteiger charge is 2.33. The number of nitrogens with zero attached hydrogens (tertiary/aromatic N) is 1. The Labute approximate surface area is 117 Å². The fourth-order valence-corrected chi connectivity index (χ4v) is 2.78. The van der Waals surface area contributed by atoms with E-state index in [4.69, 9.17) is 16.3 Å². The summed E-state index contributed by atoms with van der Waals surface area (Å²) in [7, 11) is 0. The van der Waals surface area contributed by atoms with Crippen LogP contribution in [0.2, 0.25) is 0 Å². The van der Waals surface area contributed by atoms with Gasteiger partial charge in [-0.25, -0.2) is 8.78 Å². The molecule has 19 heavy (non-hydrogen) atoms. The lowest BCUT2D eigenvalue weighted by Crippen LogP contribution is -2.52. The molecule has 1 aliphatic heterocycles. The Kier molecular flexibility index (Phi) is 4.02. The van der Waals surface area contributed by atoms with Crippen molar-refractivity contribution in [3.05, 3.63) is 29.3 Å². The Morgan fingerprint density at radius 2 is 1.95 bits per heavy atom. The topological polar surface area (TPSA) is 12.5 Å². The molecular weight excluding hydrogens is 272 g/mol. The van der Waals surface area contributed by atoms with E-state index in [0.717, 1.165) is 0 Å². The molecule has 2 rings (SSSR count). The van der Waals surface area contributed by atoms with E-state index in [1.165, 1.54) is 12.1 Å². The van der Waals surface area contributed by atoms with Crippen molar-refractivity contribution in [2.75, 3.05) is 18.0 Å². The van der Waals surface area contributed by atoms with Crippen molar-refractivity contribution in [1.29, 1.82) is 0 Å². The van der Waals surface area contributed by atoms with Crippen LogP contribution in [0.15, 0.2) is 12.1 Å². The number of ether oxygens (including phenoxy) is 1. The molecule has 0 spiro atoms. The summed E-state index contributed by atoms with van der Waals surface area (Å²) in [6.45, 7) is 6.65. The lowest BCUT2D eigenvalue weighted by Gasteiger charge is -2.43. The van der Waals surface area contributed by atoms with Gasteiger partial charge >= 0.3 is 0 Å². The minimum absolute atomic E-state index is 0.0112. The van der Waals surface area contributed by atoms with E-state index in [9.17, 15) is 8.78 Å². The Bertz CT molecular complexity index is 456. The number of anilines is 1. The summed E-state index contributed by atoms with van der Waals surface area (Å²) in [6, 6.07) is 2.58. The molecular formula is C14H18ClF2NO. The van der Waals surface area contributed by atoms with Gasteiger partial charge in [0.15, 0.2) is 0 Å². The molecule has 2 nitrogen and oxygen atoms in total. The zero-order valence-electron chi connectivity index (χ0n) is 11.3. The molecule has 0 aliphatic carbocycles. The zero-order chi connectivity index (χ0) is 14.2. The van der Waals surface area contributed by atoms with Crippen LogP contribution in [-0.2, 0) is 10.6 Å². The van der Waals surface area contributed by atoms with E-state index in [0.29, 0.717) is 18.7 Å². The maximum absolute atomic E-state index is 14.1. The second-order valence-electron chi connectivity index (χ2n) is 5.61. The molecule has 0 saturated carbocycles. The van der Waals surface area contributed by atoms with Gasteiger partial charge < -0.3 is 9.64 Å². The number of alkyl halides is 1. The first-order valence-electron chi connectivity index (χ1n) is 6.29. The van der Waals surface area contributed by atoms with Gasteiger partial charge in [-0.05, 0) is 38.5 Å². The number of halogens is 3. The number of rotatable bonds is 2. The largest absolute Gasteiger partial charge is 0.369 e. The summed E-state index contributed by atoms with van der Waals surface area (Å²) >= 11 is 5.61. The molecule has 1 heterocycles. The van der Waals surface area contributed by atoms with Gasteiger partial charge in [-0.1, -0.05) is 0 Å². The first-order chi connectivity index (χ1) is 8.82. The number of morpholine rings is 1. The van der Waals surface area contributed by atoms with Crippen LogP contribution in [-0.4, -0.2) is 24.8 Å². The summed E-state index contributed by atoms with van der Waals surface area (Å²) in [6.07, 6.45) is -0.0738. The number of hydrogen-bond donors (Lipinski definition) is 0. The van der Waals surface area contributed by atoms with E-state index in [1.807, 2.05) is 20.8 Å². The maximum atomic E-state index is 14.1. The Morgan fingerprint density at radius 1 is 1.37 bits per heavy atom. The maximum Gasteiger partial charge on any atom is 0.149 e. The molecule has 106 valence electrons. The normalized spacial score (nSPS) is 22.6. The Balaban J connectivity index is 2.36. The summed E-state index contributed by atoms with van der Waals surface area (Å²) < 4.78 is 33.9. The van der Waals surface area contributed by atoms with E-state index in [2.05, 4.69) is 0 Å². The molecule has 1 aliphatic rings. The van der Waals surface area contributed by atoms with Crippen molar-refractivity contribution >= 4 is 17.3 Å². The van der Waals surface area contributed by atoms with Crippen LogP contribution in [0, 0.1) is 11.6 Å². The van der Waals surface area contributed by atoms with Crippen LogP contribution >= 0.6 is 11.6 Å². The number of hydrogen-bond acceptors (Lipinski definition) is 2. The van der Waals surface area contributed by atoms with Crippen LogP contribution in [0.1, 0.15) is 26.3 Å². The third-order valence-electron chi connectivity index (χ3n) is 3.12. The molecule has 1 unspecified atom stereocenters. The zero-order valence-corrected chi connectivity index (χ0v) is 12.1. The van der Waals surface area contributed by atoms with Crippen molar-refractivity contribution in [3.63, 3.8) is 0 Å². The van der Waals surface area contributed by atoms with E-state index < -0.39 is 17.2 Å². The van der Waals surface area contributed by atoms with Gasteiger partial charge in [0.2, 0.25) is 0 Å². The van der Waals surface area contributed by atoms with E-state index in [-0.39, 0.29) is 17.7 Å². The monoisotopic (exact) mass is 289 g/mol. The van der Waals surface area contributed by atoms with Gasteiger partial charge in [-0.15, -0.1) is 11.6 Å². The van der Waals surface area contributed by atoms with E-state index in [1.54, 1.807) is 4.90 Å². The Hall–Kier alpha value is -0.870. The fraction of sp³-hybridized carbons (Fsp3) is 0.571. The van der Waals surface area contributed by atoms with Crippen LogP contribution < -0.4 is 4.90 Å². The van der Waals surface area contributed by atoms with Crippen molar-refractivity contribution in [2.45, 2.75) is 38.4 Å². The highest BCUT2D eigenvalue weighted by atomic mass is 35.5. The second-order valence-corrected chi connectivity index (χ2v) is 5.88. The summed E-state index contributed by atoms with van der Waals surface area (Å²) in [4.78, 5) is 1.71. The fourth-order valence-electron chi connectivity index (χ4n) is 2.62. The molecule has 0 N–H and O–H groups in total. The van der Waals surface area contributed by atoms with Gasteiger partial charge in [-0.3, -0.25) is 0 Å². The molecule has 1 atom stereocenters. The minimum atomic E-state index is -0.569. The molecule has 5 heteroatoms. The third kappa shape index (κ3) is 3.18. The van der Waals surface area contributed by atoms with Gasteiger partial charge in [0.25, 0.3) is 0 Å². The van der Waals surface area contributed by atoms with Crippen LogP contribution in [0.25, 0.3) is 0 Å². The molecule has 0 bridgehead atoms. The van der Waals surface area contributed by atoms with Crippen molar-refractivity contribution in [1.82, 2.24) is 0 Å². The predicted octanol–water partition coefficient (Wildman–Crippen LogP) is 3.71. The van der Waals surface area contributed by atoms with Crippen LogP contribution in [0.4, 0.5) is 14.5 Å². The van der Waals surface area contributed by atoms with Gasteiger partial charge in [-0.2, -0.15) is 0 Å². The van der Waals surface area contributed by atoms with Crippen LogP contribution in [0.5, 0.6) is 0 Å². The first kappa shape index (κ1) is 14.5. The SMILES string of the molecule is CC1CN(c2c(F)cc(CCl)cc2F)CC(C)(C)O1. The molecule has 1 aromatic carbocycles. The van der Waals surface area contributed by atoms with Crippen molar-refractivity contribution in [2.24, 2.45) is 0 Å². The molecule has 1 fully saturated rings. The standard InChI is InChI=1S/C14H18ClF2NO/c1-9-7-18(8-14(2,3)19-9)13-11(16)4-10(6-15)5-12(13)17/h4-5,9H,6-8H2,1-3H3. The first-order valence-corrected chi connectivity index (χ1v) is 6.82. The van der Waals surface area contributed by atoms with Gasteiger partial charge in [0.05, 0.1) is 11.7 Å². The molecule has 0 aromatic heterocycles. The quantitative estimate of drug-likeness (QED) is 0.770. The van der Waals surface area contributed by atoms with Gasteiger partial charge in [0.1, 0.15) is 17.3 Å². The van der Waals surface area contributed by atoms with E-state index >= 15 is 0 Å². The van der Waals surface area contributed by atoms with Gasteiger partial charge in [0, 0.05) is 19.0 Å². The summed E-state index contributed by atoms with van der Waals surface area (Å²) in [5.41, 5.74) is 0.0277. The predicted molar refractivity (Wildman–Crippen MR) is 72.8 cm³/mol. The average molecular weight is 290 g/mol. The molecule has 0 amide bonds. The van der Waals surface area contributed by atoms with Crippen molar-refractivity contribution in [3.8, 4) is 0 Å². The third-order valence-corrected chi connectivity index (χ3v) is 3.43. The number of benzene rings is 1. The highest BCUT2D eigenvalue weighted by Crippen LogP contribution is 2.31. The molecule has 0 radical (unpaired) electrons. The highest BCUT2D eigenvalue weighted by molar-refractivity contribution is 6.17. The minimum Gasteiger partial charge on any atom is -0.369 e. The molecule has 1 aromatic rings. The second kappa shape index (κ2) is 5.25. The van der Waals surface area contributed by atoms with Crippen LogP contribution in [0.3, 0.4) is 0 Å². The summed E-state index contributed by atoms with van der Waals surface area (Å²) in [5, 5.41) is 0. The van der Waals surface area contributed by atoms with Crippen molar-refractivity contribution < 1.29 is 13.5 Å². The lowest BCUT2D eigenvalue weighted by atomic mass is 10.0. The Morgan fingerprint density at radius 3 is 2.42 bits per heavy atom. The smallest absolute Gasteiger partial charge is 0.149 e. The average Bonchev–Trinajstić information content (AvgIpc) is 2.24. The summed E-state index contributed by atoms with van der Waals surface area (Å²) in [5.74, 6) is -1.04.